The Labute approximate surface area is 136 Å². The van der Waals surface area contributed by atoms with Gasteiger partial charge in [-0.1, -0.05) is 6.92 Å². The molecule has 2 N–H and O–H groups in total. The van der Waals surface area contributed by atoms with Gasteiger partial charge in [0.1, 0.15) is 5.75 Å². The number of nitrogens with zero attached hydrogens (tertiary/aromatic N) is 1. The van der Waals surface area contributed by atoms with E-state index in [1.807, 2.05) is 6.92 Å². The maximum Gasteiger partial charge on any atom is 0.243 e. The molecule has 1 aromatic carbocycles. The first-order valence-electron chi connectivity index (χ1n) is 7.42. The zero-order chi connectivity index (χ0) is 17.2. The Morgan fingerprint density at radius 2 is 1.78 bits per heavy atom. The van der Waals surface area contributed by atoms with Crippen LogP contribution in [0.2, 0.25) is 0 Å². The fourth-order valence-corrected chi connectivity index (χ4v) is 1.91. The van der Waals surface area contributed by atoms with Crippen LogP contribution in [0.1, 0.15) is 20.3 Å². The predicted octanol–water partition coefficient (Wildman–Crippen LogP) is 1.01. The van der Waals surface area contributed by atoms with Crippen molar-refractivity contribution < 1.29 is 19.1 Å². The number of hydrogen-bond donors (Lipinski definition) is 2. The molecule has 1 aromatic rings. The first-order valence-corrected chi connectivity index (χ1v) is 7.42. The van der Waals surface area contributed by atoms with Gasteiger partial charge in [-0.05, 0) is 30.7 Å². The van der Waals surface area contributed by atoms with E-state index in [0.717, 1.165) is 6.42 Å². The summed E-state index contributed by atoms with van der Waals surface area (Å²) >= 11 is 0. The van der Waals surface area contributed by atoms with E-state index >= 15 is 0 Å². The van der Waals surface area contributed by atoms with Crippen molar-refractivity contribution in [2.45, 2.75) is 20.3 Å². The van der Waals surface area contributed by atoms with Gasteiger partial charge in [0.25, 0.3) is 0 Å². The van der Waals surface area contributed by atoms with Crippen molar-refractivity contribution in [2.75, 3.05) is 32.1 Å². The first-order chi connectivity index (χ1) is 11.0. The van der Waals surface area contributed by atoms with Crippen LogP contribution in [0.5, 0.6) is 5.75 Å². The molecule has 0 aliphatic heterocycles. The Morgan fingerprint density at radius 1 is 1.13 bits per heavy atom. The molecule has 0 aliphatic carbocycles. The molecule has 0 radical (unpaired) electrons. The second kappa shape index (κ2) is 9.45. The summed E-state index contributed by atoms with van der Waals surface area (Å²) < 4.78 is 5.03. The van der Waals surface area contributed by atoms with Gasteiger partial charge in [0, 0.05) is 19.2 Å². The SMILES string of the molecule is CCCN(CC(=O)NCC(=O)Nc1ccc(OC)cc1)C(C)=O. The summed E-state index contributed by atoms with van der Waals surface area (Å²) in [7, 11) is 1.56. The number of nitrogens with one attached hydrogen (secondary N) is 2. The molecule has 23 heavy (non-hydrogen) atoms. The average Bonchev–Trinajstić information content (AvgIpc) is 2.53. The Bertz CT molecular complexity index is 543. The standard InChI is InChI=1S/C16H23N3O4/c1-4-9-19(12(2)20)11-16(22)17-10-15(21)18-13-5-7-14(23-3)8-6-13/h5-8H,4,9-11H2,1-3H3,(H,17,22)(H,18,21). The van der Waals surface area contributed by atoms with Crippen molar-refractivity contribution in [1.29, 1.82) is 0 Å². The lowest BCUT2D eigenvalue weighted by atomic mass is 10.3. The zero-order valence-corrected chi connectivity index (χ0v) is 13.7. The molecule has 0 spiro atoms. The van der Waals surface area contributed by atoms with Crippen molar-refractivity contribution in [3.05, 3.63) is 24.3 Å². The lowest BCUT2D eigenvalue weighted by molar-refractivity contribution is -0.134. The molecule has 0 heterocycles. The molecule has 0 saturated heterocycles. The molecule has 0 saturated carbocycles. The normalized spacial score (nSPS) is 9.87. The van der Waals surface area contributed by atoms with Crippen molar-refractivity contribution in [1.82, 2.24) is 10.2 Å². The highest BCUT2D eigenvalue weighted by molar-refractivity contribution is 5.95. The van der Waals surface area contributed by atoms with Gasteiger partial charge in [-0.2, -0.15) is 0 Å². The van der Waals surface area contributed by atoms with Crippen LogP contribution in [0, 0.1) is 0 Å². The molecule has 0 unspecified atom stereocenters. The highest BCUT2D eigenvalue weighted by Crippen LogP contribution is 2.14. The molecule has 0 aromatic heterocycles. The van der Waals surface area contributed by atoms with Crippen molar-refractivity contribution in [3.8, 4) is 5.75 Å². The average molecular weight is 321 g/mol. The first kappa shape index (κ1) is 18.5. The van der Waals surface area contributed by atoms with Crippen LogP contribution in [0.25, 0.3) is 0 Å². The molecular formula is C16H23N3O4. The Morgan fingerprint density at radius 3 is 2.30 bits per heavy atom. The summed E-state index contributed by atoms with van der Waals surface area (Å²) in [6, 6.07) is 6.86. The minimum absolute atomic E-state index is 0.0427. The lowest BCUT2D eigenvalue weighted by Crippen LogP contribution is -2.42. The number of hydrogen-bond acceptors (Lipinski definition) is 4. The van der Waals surface area contributed by atoms with Gasteiger partial charge in [-0.15, -0.1) is 0 Å². The number of rotatable bonds is 8. The number of benzene rings is 1. The molecule has 1 rings (SSSR count). The number of carbonyl (C=O) groups is 3. The number of ether oxygens (including phenoxy) is 1. The van der Waals surface area contributed by atoms with E-state index in [1.165, 1.54) is 11.8 Å². The molecule has 7 nitrogen and oxygen atoms in total. The molecule has 126 valence electrons. The van der Waals surface area contributed by atoms with Gasteiger partial charge in [0.2, 0.25) is 17.7 Å². The van der Waals surface area contributed by atoms with E-state index in [2.05, 4.69) is 10.6 Å². The zero-order valence-electron chi connectivity index (χ0n) is 13.7. The molecule has 0 bridgehead atoms. The maximum absolute atomic E-state index is 11.8. The summed E-state index contributed by atoms with van der Waals surface area (Å²) in [5, 5.41) is 5.16. The highest BCUT2D eigenvalue weighted by Gasteiger charge is 2.13. The van der Waals surface area contributed by atoms with Gasteiger partial charge in [0.05, 0.1) is 20.2 Å². The minimum Gasteiger partial charge on any atom is -0.497 e. The van der Waals surface area contributed by atoms with Gasteiger partial charge in [-0.25, -0.2) is 0 Å². The van der Waals surface area contributed by atoms with Crippen molar-refractivity contribution >= 4 is 23.4 Å². The van der Waals surface area contributed by atoms with Crippen LogP contribution >= 0.6 is 0 Å². The van der Waals surface area contributed by atoms with E-state index in [9.17, 15) is 14.4 Å². The van der Waals surface area contributed by atoms with Crippen molar-refractivity contribution in [2.24, 2.45) is 0 Å². The van der Waals surface area contributed by atoms with Crippen LogP contribution in [0.3, 0.4) is 0 Å². The van der Waals surface area contributed by atoms with Crippen LogP contribution in [-0.4, -0.2) is 49.4 Å². The third kappa shape index (κ3) is 6.82. The maximum atomic E-state index is 11.8. The molecular weight excluding hydrogens is 298 g/mol. The molecule has 3 amide bonds. The number of anilines is 1. The molecule has 7 heteroatoms. The van der Waals surface area contributed by atoms with E-state index in [1.54, 1.807) is 31.4 Å². The summed E-state index contributed by atoms with van der Waals surface area (Å²) in [6.07, 6.45) is 0.769. The van der Waals surface area contributed by atoms with Crippen molar-refractivity contribution in [3.63, 3.8) is 0 Å². The third-order valence-electron chi connectivity index (χ3n) is 3.09. The number of amides is 3. The lowest BCUT2D eigenvalue weighted by Gasteiger charge is -2.19. The van der Waals surface area contributed by atoms with Gasteiger partial charge >= 0.3 is 0 Å². The fourth-order valence-electron chi connectivity index (χ4n) is 1.91. The van der Waals surface area contributed by atoms with E-state index in [0.29, 0.717) is 18.0 Å². The predicted molar refractivity (Wildman–Crippen MR) is 87.2 cm³/mol. The van der Waals surface area contributed by atoms with E-state index in [4.69, 9.17) is 4.74 Å². The summed E-state index contributed by atoms with van der Waals surface area (Å²) in [5.41, 5.74) is 0.612. The third-order valence-corrected chi connectivity index (χ3v) is 3.09. The topological polar surface area (TPSA) is 87.7 Å². The smallest absolute Gasteiger partial charge is 0.243 e. The Hall–Kier alpha value is -2.57. The van der Waals surface area contributed by atoms with Gasteiger partial charge < -0.3 is 20.3 Å². The van der Waals surface area contributed by atoms with Gasteiger partial charge in [-0.3, -0.25) is 14.4 Å². The van der Waals surface area contributed by atoms with Crippen LogP contribution in [-0.2, 0) is 14.4 Å². The molecule has 0 atom stereocenters. The number of methoxy groups -OCH3 is 1. The fraction of sp³-hybridized carbons (Fsp3) is 0.438. The molecule has 0 aliphatic rings. The Balaban J connectivity index is 2.39. The number of carbonyl (C=O) groups excluding carboxylic acids is 3. The van der Waals surface area contributed by atoms with Gasteiger partial charge in [0.15, 0.2) is 0 Å². The van der Waals surface area contributed by atoms with E-state index < -0.39 is 0 Å². The van der Waals surface area contributed by atoms with Crippen LogP contribution in [0.15, 0.2) is 24.3 Å². The van der Waals surface area contributed by atoms with E-state index in [-0.39, 0.29) is 30.8 Å². The van der Waals surface area contributed by atoms with Crippen LogP contribution < -0.4 is 15.4 Å². The van der Waals surface area contributed by atoms with Crippen LogP contribution in [0.4, 0.5) is 5.69 Å². The highest BCUT2D eigenvalue weighted by atomic mass is 16.5. The molecule has 0 fully saturated rings. The largest absolute Gasteiger partial charge is 0.497 e. The second-order valence-electron chi connectivity index (χ2n) is 4.99. The quantitative estimate of drug-likeness (QED) is 0.748. The Kier molecular flexibility index (Phi) is 7.59. The minimum atomic E-state index is -0.362. The summed E-state index contributed by atoms with van der Waals surface area (Å²) in [5.74, 6) is -0.173. The second-order valence-corrected chi connectivity index (χ2v) is 4.99. The summed E-state index contributed by atoms with van der Waals surface area (Å²) in [6.45, 7) is 3.66. The monoisotopic (exact) mass is 321 g/mol. The summed E-state index contributed by atoms with van der Waals surface area (Å²) in [4.78, 5) is 36.3.